The first-order chi connectivity index (χ1) is 47.3. The summed E-state index contributed by atoms with van der Waals surface area (Å²) in [5.74, 6) is 5.65. The lowest BCUT2D eigenvalue weighted by molar-refractivity contribution is -0.231. The number of carbonyl (C=O) groups excluding carboxylic acids is 8. The third-order valence-electron chi connectivity index (χ3n) is 26.0. The van der Waals surface area contributed by atoms with E-state index in [4.69, 9.17) is 37.9 Å². The van der Waals surface area contributed by atoms with Crippen molar-refractivity contribution in [3.05, 3.63) is 0 Å². The molecule has 110 heavy (non-hydrogen) atoms. The Hall–Kier alpha value is -3.58. The Morgan fingerprint density at radius 2 is 0.891 bits per heavy atom. The van der Waals surface area contributed by atoms with Crippen molar-refractivity contribution >= 4 is 71.3 Å². The molecular weight excluding hydrogens is 1430 g/mol. The summed E-state index contributed by atoms with van der Waals surface area (Å²) in [6.45, 7) is 39.6. The molecule has 11 aliphatic carbocycles. The number of fused-ring (bicyclic) bond motifs is 1. The molecule has 2 saturated heterocycles. The number of aliphatic hydroxyl groups is 1. The van der Waals surface area contributed by atoms with Crippen LogP contribution in [-0.4, -0.2) is 129 Å². The molecule has 13 rings (SSSR count). The van der Waals surface area contributed by atoms with Gasteiger partial charge in [0.1, 0.15) is 40.2 Å². The van der Waals surface area contributed by atoms with E-state index in [-0.39, 0.29) is 147 Å². The van der Waals surface area contributed by atoms with Crippen LogP contribution < -0.4 is 0 Å². The van der Waals surface area contributed by atoms with Crippen LogP contribution in [0, 0.1) is 86.8 Å². The smallest absolute Gasteiger partial charge is 0.344 e. The second-order valence-electron chi connectivity index (χ2n) is 37.5. The summed E-state index contributed by atoms with van der Waals surface area (Å²) >= 11 is 3.25. The topological polar surface area (TPSA) is 231 Å². The minimum atomic E-state index is -0.615. The van der Waals surface area contributed by atoms with Gasteiger partial charge < -0.3 is 43.0 Å². The monoisotopic (exact) mass is 1600 g/mol. The molecule has 11 saturated carbocycles. The van der Waals surface area contributed by atoms with Gasteiger partial charge in [0.05, 0.1) is 46.0 Å². The third kappa shape index (κ3) is 28.9. The Labute approximate surface area is 683 Å². The summed E-state index contributed by atoms with van der Waals surface area (Å²) in [6, 6.07) is 0. The van der Waals surface area contributed by atoms with E-state index in [2.05, 4.69) is 34.6 Å². The standard InChI is InChI=1S/C19H32O2.C18H26O6.C16H30O4S2.C16H26O3.C14H26O2.8CH4/c1-6-18(4,5)17(20)21-19(12(2)3)15-8-13-7-14(10-15)11-16(19)9-13;1-4-18(2,3)17(21)22-9-14(19)24-15-11-5-10-6-12(8-11)16(20)23-13(15)7-10;1-15(2,19-13(17)7-11-21-5)9-10-16(3,4)20-14(18)8-12-22-6;1-4-14(2,3)13(17)19-16-8-11-5-12(9-16)7-15(18,6-11)10-16;1-6-13(4,5)12(15)16-14(11(2)3)9-7-8-10-14;;;;;;;;/h12-16H,6-11H2,1-5H3;10-13,15H,4-9H2,1-3H3;7-12H2,1-6H3;11-12,18H,4-10H2,1-3H3;11H,6-10H2,1-5H3;8*1H4. The van der Waals surface area contributed by atoms with E-state index in [0.717, 1.165) is 107 Å². The van der Waals surface area contributed by atoms with Crippen molar-refractivity contribution in [2.24, 2.45) is 86.8 Å². The highest BCUT2D eigenvalue weighted by molar-refractivity contribution is 7.98. The lowest BCUT2D eigenvalue weighted by atomic mass is 9.47. The molecule has 0 amide bonds. The second kappa shape index (κ2) is 45.2. The predicted octanol–water partition coefficient (Wildman–Crippen LogP) is 23.0. The van der Waals surface area contributed by atoms with Crippen LogP contribution in [0.2, 0.25) is 0 Å². The highest BCUT2D eigenvalue weighted by Gasteiger charge is 2.63. The Morgan fingerprint density at radius 3 is 1.29 bits per heavy atom. The van der Waals surface area contributed by atoms with Crippen molar-refractivity contribution in [1.29, 1.82) is 0 Å². The van der Waals surface area contributed by atoms with Gasteiger partial charge in [0.25, 0.3) is 0 Å². The van der Waals surface area contributed by atoms with Gasteiger partial charge in [0, 0.05) is 23.8 Å². The van der Waals surface area contributed by atoms with Crippen LogP contribution in [0.3, 0.4) is 0 Å². The van der Waals surface area contributed by atoms with E-state index in [1.807, 2.05) is 103 Å². The molecule has 0 spiro atoms. The molecule has 650 valence electrons. The van der Waals surface area contributed by atoms with Crippen LogP contribution in [0.4, 0.5) is 0 Å². The first-order valence-electron chi connectivity index (χ1n) is 39.7. The molecule has 2 heterocycles. The summed E-state index contributed by atoms with van der Waals surface area (Å²) in [4.78, 5) is 96.8. The molecule has 0 aromatic heterocycles. The number of hydrogen-bond donors (Lipinski definition) is 1. The fourth-order valence-corrected chi connectivity index (χ4v) is 19.2. The maximum Gasteiger partial charge on any atom is 0.344 e. The largest absolute Gasteiger partial charge is 0.460 e. The van der Waals surface area contributed by atoms with E-state index < -0.39 is 45.7 Å². The van der Waals surface area contributed by atoms with Crippen LogP contribution >= 0.6 is 23.5 Å². The quantitative estimate of drug-likeness (QED) is 0.0595. The molecule has 7 atom stereocenters. The molecule has 0 radical (unpaired) electrons. The zero-order valence-electron chi connectivity index (χ0n) is 67.5. The Balaban J connectivity index is -0.00000128. The Kier molecular flexibility index (Phi) is 45.5. The normalized spacial score (nSPS) is 28.5. The molecule has 12 bridgehead atoms. The first kappa shape index (κ1) is 111. The van der Waals surface area contributed by atoms with Gasteiger partial charge in [-0.3, -0.25) is 33.6 Å². The Morgan fingerprint density at radius 1 is 0.491 bits per heavy atom. The number of rotatable bonds is 27. The molecule has 1 N–H and O–H groups in total. The molecule has 7 unspecified atom stereocenters. The van der Waals surface area contributed by atoms with Crippen molar-refractivity contribution in [1.82, 2.24) is 0 Å². The summed E-state index contributed by atoms with van der Waals surface area (Å²) < 4.78 is 45.4. The van der Waals surface area contributed by atoms with Gasteiger partial charge in [-0.1, -0.05) is 115 Å². The van der Waals surface area contributed by atoms with E-state index >= 15 is 0 Å². The molecule has 0 aromatic rings. The van der Waals surface area contributed by atoms with Gasteiger partial charge in [-0.15, -0.1) is 0 Å². The molecule has 13 fully saturated rings. The summed E-state index contributed by atoms with van der Waals surface area (Å²) in [7, 11) is 0. The van der Waals surface area contributed by atoms with Crippen molar-refractivity contribution in [3.8, 4) is 0 Å². The highest BCUT2D eigenvalue weighted by atomic mass is 32.2. The van der Waals surface area contributed by atoms with Crippen LogP contribution in [0.25, 0.3) is 0 Å². The van der Waals surface area contributed by atoms with E-state index in [0.29, 0.717) is 80.0 Å². The lowest BCUT2D eigenvalue weighted by Crippen LogP contribution is -2.63. The van der Waals surface area contributed by atoms with Gasteiger partial charge in [-0.05, 0) is 303 Å². The average Bonchev–Trinajstić information content (AvgIpc) is 0.895. The molecule has 13 aliphatic rings. The number of esters is 8. The summed E-state index contributed by atoms with van der Waals surface area (Å²) in [6.07, 6.45) is 28.6. The molecule has 19 heteroatoms. The van der Waals surface area contributed by atoms with E-state index in [1.165, 1.54) is 51.4 Å². The van der Waals surface area contributed by atoms with Gasteiger partial charge in [0.2, 0.25) is 0 Å². The van der Waals surface area contributed by atoms with Crippen molar-refractivity contribution in [3.63, 3.8) is 0 Å². The lowest BCUT2D eigenvalue weighted by Gasteiger charge is -2.62. The van der Waals surface area contributed by atoms with Crippen LogP contribution in [0.1, 0.15) is 371 Å². The van der Waals surface area contributed by atoms with Gasteiger partial charge in [-0.25, -0.2) is 4.79 Å². The van der Waals surface area contributed by atoms with E-state index in [1.54, 1.807) is 37.4 Å². The minimum Gasteiger partial charge on any atom is -0.460 e. The van der Waals surface area contributed by atoms with Gasteiger partial charge in [-0.2, -0.15) is 23.5 Å². The second-order valence-corrected chi connectivity index (χ2v) is 39.4. The minimum absolute atomic E-state index is 0. The maximum absolute atomic E-state index is 12.8. The summed E-state index contributed by atoms with van der Waals surface area (Å²) in [5.41, 5.74) is -4.07. The maximum atomic E-state index is 12.8. The molecular formula is C91H172O17S2. The highest BCUT2D eigenvalue weighted by Crippen LogP contribution is 2.63. The Bertz CT molecular complexity index is 2750. The van der Waals surface area contributed by atoms with Gasteiger partial charge in [0.15, 0.2) is 6.61 Å². The van der Waals surface area contributed by atoms with Crippen LogP contribution in [0.5, 0.6) is 0 Å². The van der Waals surface area contributed by atoms with Crippen molar-refractivity contribution in [2.75, 3.05) is 30.6 Å². The molecule has 2 aliphatic heterocycles. The fraction of sp³-hybridized carbons (Fsp3) is 0.912. The van der Waals surface area contributed by atoms with Crippen molar-refractivity contribution < 1.29 is 81.4 Å². The predicted molar refractivity (Wildman–Crippen MR) is 457 cm³/mol. The number of carbonyl (C=O) groups is 8. The number of ether oxygens (including phenoxy) is 8. The third-order valence-corrected chi connectivity index (χ3v) is 27.2. The molecule has 17 nitrogen and oxygen atoms in total. The van der Waals surface area contributed by atoms with Crippen molar-refractivity contribution in [2.45, 2.75) is 417 Å². The zero-order valence-corrected chi connectivity index (χ0v) is 69.1. The average molecular weight is 1600 g/mol. The molecule has 0 aromatic carbocycles. The van der Waals surface area contributed by atoms with Gasteiger partial charge >= 0.3 is 47.8 Å². The van der Waals surface area contributed by atoms with Crippen LogP contribution in [-0.2, 0) is 76.3 Å². The number of hydrogen-bond acceptors (Lipinski definition) is 19. The number of thioether (sulfide) groups is 2. The van der Waals surface area contributed by atoms with Crippen LogP contribution in [0.15, 0.2) is 0 Å². The zero-order chi connectivity index (χ0) is 76.4. The SMILES string of the molecule is C.C.C.C.C.C.C.C.CCC(C)(C)C(=O)OC1(C(C)C)C2CC3CC(C2)CC1C3.CCC(C)(C)C(=O)OC1(C(C)C)CCCC1.CCC(C)(C)C(=O)OC12CC3CC(CC(O)(C3)C1)C2.CCC(C)(C)C(=O)OCC(=O)OC1C2CC3CC(C2)C(=O)OC1C3.CSCCC(=O)OC(C)(C)CCC(C)(C)OC(=O)CCSC. The fourth-order valence-electron chi connectivity index (χ4n) is 18.4. The van der Waals surface area contributed by atoms with E-state index in [9.17, 15) is 43.5 Å². The first-order valence-corrected chi connectivity index (χ1v) is 42.5. The summed E-state index contributed by atoms with van der Waals surface area (Å²) in [5, 5.41) is 10.6.